The fourth-order valence-electron chi connectivity index (χ4n) is 1.70. The van der Waals surface area contributed by atoms with E-state index in [-0.39, 0.29) is 0 Å². The second kappa shape index (κ2) is 9.75. The summed E-state index contributed by atoms with van der Waals surface area (Å²) in [6.45, 7) is 15.6. The molecule has 0 amide bonds. The maximum Gasteiger partial charge on any atom is 0.230 e. The molecule has 174 valence electrons. The Morgan fingerprint density at radius 2 is 0.871 bits per heavy atom. The van der Waals surface area contributed by atoms with Crippen LogP contribution in [0.5, 0.6) is 0 Å². The van der Waals surface area contributed by atoms with Crippen LogP contribution in [0.1, 0.15) is 62.3 Å². The van der Waals surface area contributed by atoms with Crippen LogP contribution in [0.15, 0.2) is 32.6 Å². The minimum absolute atomic E-state index is 0.571. The van der Waals surface area contributed by atoms with Gasteiger partial charge in [-0.15, -0.1) is 0 Å². The smallest absolute Gasteiger partial charge is 0.230 e. The van der Waals surface area contributed by atoms with Crippen molar-refractivity contribution >= 4 is 19.7 Å². The normalized spacial score (nSPS) is 14.2. The summed E-state index contributed by atoms with van der Waals surface area (Å²) in [5.41, 5.74) is -1.83. The molecule has 3 N–H and O–H groups in total. The first-order chi connectivity index (χ1) is 13.7. The highest BCUT2D eigenvalue weighted by molar-refractivity contribution is 8.17. The first-order valence-electron chi connectivity index (χ1n) is 9.41. The van der Waals surface area contributed by atoms with Gasteiger partial charge in [-0.3, -0.25) is 0 Å². The van der Waals surface area contributed by atoms with E-state index < -0.39 is 50.3 Å². The summed E-state index contributed by atoms with van der Waals surface area (Å²) in [6.07, 6.45) is 2.73. The standard InChI is InChI=1S/C20H33N5O4S2/c1-18(2,3)23-12-15(10-21)30(26,27)17(14-25-20(7,8)9)31(28,29)16(11-22)13-24-19(4,5)6/h12-14,23-25H,1-9H3. The van der Waals surface area contributed by atoms with E-state index in [0.717, 1.165) is 18.6 Å². The molecule has 0 rings (SSSR count). The average molecular weight is 472 g/mol. The molecular weight excluding hydrogens is 438 g/mol. The Morgan fingerprint density at radius 3 is 1.10 bits per heavy atom. The van der Waals surface area contributed by atoms with E-state index in [0.29, 0.717) is 0 Å². The molecule has 0 aromatic carbocycles. The van der Waals surface area contributed by atoms with Gasteiger partial charge in [-0.2, -0.15) is 10.5 Å². The van der Waals surface area contributed by atoms with Crippen LogP contribution in [0.3, 0.4) is 0 Å². The van der Waals surface area contributed by atoms with Crippen LogP contribution in [0.2, 0.25) is 0 Å². The van der Waals surface area contributed by atoms with Crippen molar-refractivity contribution in [1.82, 2.24) is 16.0 Å². The van der Waals surface area contributed by atoms with Crippen LogP contribution < -0.4 is 16.0 Å². The lowest BCUT2D eigenvalue weighted by molar-refractivity contribution is 0.490. The molecule has 0 aliphatic carbocycles. The van der Waals surface area contributed by atoms with Gasteiger partial charge in [0.1, 0.15) is 12.1 Å². The quantitative estimate of drug-likeness (QED) is 0.475. The van der Waals surface area contributed by atoms with Crippen LogP contribution in [0, 0.1) is 22.7 Å². The number of nitrogens with zero attached hydrogens (tertiary/aromatic N) is 2. The summed E-state index contributed by atoms with van der Waals surface area (Å²) >= 11 is 0. The van der Waals surface area contributed by atoms with Crippen LogP contribution in [-0.4, -0.2) is 33.5 Å². The lowest BCUT2D eigenvalue weighted by atomic mass is 10.1. The maximum atomic E-state index is 13.2. The van der Waals surface area contributed by atoms with Gasteiger partial charge in [0.05, 0.1) is 0 Å². The largest absolute Gasteiger partial charge is 0.385 e. The van der Waals surface area contributed by atoms with Gasteiger partial charge >= 0.3 is 0 Å². The summed E-state index contributed by atoms with van der Waals surface area (Å²) in [7, 11) is -9.59. The molecule has 0 unspecified atom stereocenters. The molecule has 0 aromatic heterocycles. The fraction of sp³-hybridized carbons (Fsp3) is 0.600. The summed E-state index contributed by atoms with van der Waals surface area (Å²) in [5.74, 6) is 0. The third-order valence-electron chi connectivity index (χ3n) is 3.22. The molecule has 0 radical (unpaired) electrons. The fourth-order valence-corrected chi connectivity index (χ4v) is 4.92. The zero-order chi connectivity index (χ0) is 24.9. The lowest BCUT2D eigenvalue weighted by Gasteiger charge is -2.21. The van der Waals surface area contributed by atoms with Gasteiger partial charge in [0.15, 0.2) is 14.0 Å². The van der Waals surface area contributed by atoms with Crippen molar-refractivity contribution in [3.63, 3.8) is 0 Å². The Bertz CT molecular complexity index is 973. The first kappa shape index (κ1) is 28.5. The van der Waals surface area contributed by atoms with Crippen molar-refractivity contribution in [2.45, 2.75) is 78.9 Å². The third-order valence-corrected chi connectivity index (χ3v) is 7.41. The number of hydrogen-bond donors (Lipinski definition) is 3. The second-order valence-electron chi connectivity index (χ2n) is 9.89. The molecule has 0 aliphatic rings. The van der Waals surface area contributed by atoms with Crippen LogP contribution in [0.25, 0.3) is 0 Å². The molecule has 0 aromatic rings. The number of rotatable bonds is 7. The highest BCUT2D eigenvalue weighted by atomic mass is 32.3. The number of sulfone groups is 2. The van der Waals surface area contributed by atoms with Gasteiger partial charge in [-0.25, -0.2) is 16.8 Å². The van der Waals surface area contributed by atoms with Crippen molar-refractivity contribution in [1.29, 1.82) is 10.5 Å². The molecule has 0 aliphatic heterocycles. The van der Waals surface area contributed by atoms with E-state index in [2.05, 4.69) is 16.0 Å². The molecule has 11 heteroatoms. The molecule has 0 atom stereocenters. The van der Waals surface area contributed by atoms with E-state index in [1.807, 2.05) is 0 Å². The van der Waals surface area contributed by atoms with Gasteiger partial charge in [-0.05, 0) is 62.3 Å². The average Bonchev–Trinajstić information content (AvgIpc) is 2.51. The molecule has 9 nitrogen and oxygen atoms in total. The molecular formula is C20H33N5O4S2. The van der Waals surface area contributed by atoms with E-state index in [9.17, 15) is 27.4 Å². The van der Waals surface area contributed by atoms with Crippen LogP contribution >= 0.6 is 0 Å². The van der Waals surface area contributed by atoms with Crippen molar-refractivity contribution in [3.8, 4) is 12.1 Å². The molecule has 0 heterocycles. The molecule has 0 saturated heterocycles. The van der Waals surface area contributed by atoms with Crippen LogP contribution in [0.4, 0.5) is 0 Å². The minimum Gasteiger partial charge on any atom is -0.385 e. The van der Waals surface area contributed by atoms with Crippen molar-refractivity contribution in [2.24, 2.45) is 0 Å². The number of nitrogens with one attached hydrogen (secondary N) is 3. The maximum absolute atomic E-state index is 13.2. The zero-order valence-corrected chi connectivity index (χ0v) is 21.2. The van der Waals surface area contributed by atoms with Gasteiger partial charge in [-0.1, -0.05) is 0 Å². The summed E-state index contributed by atoms with van der Waals surface area (Å²) in [4.78, 5) is -1.59. The highest BCUT2D eigenvalue weighted by Crippen LogP contribution is 2.27. The van der Waals surface area contributed by atoms with Crippen molar-refractivity contribution in [2.75, 3.05) is 0 Å². The Morgan fingerprint density at radius 1 is 0.613 bits per heavy atom. The Hall–Kier alpha value is -2.50. The summed E-state index contributed by atoms with van der Waals surface area (Å²) < 4.78 is 51.7. The van der Waals surface area contributed by atoms with E-state index in [1.54, 1.807) is 62.3 Å². The first-order valence-corrected chi connectivity index (χ1v) is 12.4. The number of nitriles is 2. The van der Waals surface area contributed by atoms with Gasteiger partial charge in [0.2, 0.25) is 19.7 Å². The highest BCUT2D eigenvalue weighted by Gasteiger charge is 2.38. The predicted molar refractivity (Wildman–Crippen MR) is 122 cm³/mol. The third kappa shape index (κ3) is 9.45. The van der Waals surface area contributed by atoms with Gasteiger partial charge < -0.3 is 16.0 Å². The molecule has 0 bridgehead atoms. The number of allylic oxidation sites excluding steroid dienone is 2. The molecule has 0 saturated carbocycles. The Kier molecular flexibility index (Phi) is 8.97. The molecule has 0 spiro atoms. The summed E-state index contributed by atoms with van der Waals surface area (Å²) in [6, 6.07) is 3.07. The zero-order valence-electron chi connectivity index (χ0n) is 19.6. The monoisotopic (exact) mass is 471 g/mol. The van der Waals surface area contributed by atoms with E-state index in [4.69, 9.17) is 0 Å². The van der Waals surface area contributed by atoms with Crippen molar-refractivity contribution in [3.05, 3.63) is 32.6 Å². The van der Waals surface area contributed by atoms with E-state index >= 15 is 0 Å². The van der Waals surface area contributed by atoms with Crippen LogP contribution in [-0.2, 0) is 19.7 Å². The number of hydrogen-bond acceptors (Lipinski definition) is 9. The minimum atomic E-state index is -4.80. The predicted octanol–water partition coefficient (Wildman–Crippen LogP) is 2.51. The van der Waals surface area contributed by atoms with Gasteiger partial charge in [0.25, 0.3) is 0 Å². The molecule has 0 fully saturated rings. The van der Waals surface area contributed by atoms with Gasteiger partial charge in [0, 0.05) is 35.2 Å². The second-order valence-corrected chi connectivity index (χ2v) is 13.9. The molecule has 31 heavy (non-hydrogen) atoms. The lowest BCUT2D eigenvalue weighted by Crippen LogP contribution is -2.34. The Balaban J connectivity index is 6.87. The Labute approximate surface area is 186 Å². The van der Waals surface area contributed by atoms with Crippen molar-refractivity contribution < 1.29 is 16.8 Å². The topological polar surface area (TPSA) is 152 Å². The van der Waals surface area contributed by atoms with E-state index in [1.165, 1.54) is 12.1 Å². The SMILES string of the molecule is CC(C)(C)NC=C(C#N)S(=O)(=O)C(=CNC(C)(C)C)S(=O)(=O)C(C#N)=CNC(C)(C)C. The summed E-state index contributed by atoms with van der Waals surface area (Å²) in [5, 5.41) is 27.1.